The molecule has 0 saturated heterocycles. The lowest BCUT2D eigenvalue weighted by molar-refractivity contribution is 0.553. The van der Waals surface area contributed by atoms with Crippen LogP contribution in [0.2, 0.25) is 0 Å². The van der Waals surface area contributed by atoms with Crippen molar-refractivity contribution in [1.29, 1.82) is 0 Å². The van der Waals surface area contributed by atoms with Crippen LogP contribution >= 0.6 is 37.2 Å². The molecule has 0 aromatic carbocycles. The molecule has 0 radical (unpaired) electrons. The summed E-state index contributed by atoms with van der Waals surface area (Å²) in [6.45, 7) is 6.91. The van der Waals surface area contributed by atoms with Crippen molar-refractivity contribution in [2.45, 2.75) is 84.0 Å². The lowest BCUT2D eigenvalue weighted by atomic mass is 10.1. The SMILES string of the molecule is CCCCCCCCCCCCS(=O)(=O)NCCCNC/C=C/CNCCCN.Cl.Cl.Cl. The summed E-state index contributed by atoms with van der Waals surface area (Å²) in [6.07, 6.45) is 18.2. The molecule has 0 aliphatic heterocycles. The van der Waals surface area contributed by atoms with E-state index in [2.05, 4.69) is 34.4 Å². The Morgan fingerprint density at radius 3 is 1.62 bits per heavy atom. The second-order valence-electron chi connectivity index (χ2n) is 7.77. The molecule has 0 rings (SSSR count). The van der Waals surface area contributed by atoms with Crippen LogP contribution < -0.4 is 21.1 Å². The Balaban J connectivity index is -0.00000131. The van der Waals surface area contributed by atoms with Gasteiger partial charge in [-0.15, -0.1) is 37.2 Å². The molecular weight excluding hydrogens is 491 g/mol. The minimum Gasteiger partial charge on any atom is -0.330 e. The van der Waals surface area contributed by atoms with Gasteiger partial charge >= 0.3 is 0 Å². The quantitative estimate of drug-likeness (QED) is 0.112. The van der Waals surface area contributed by atoms with E-state index in [1.807, 2.05) is 0 Å². The Kier molecular flexibility index (Phi) is 38.9. The van der Waals surface area contributed by atoms with E-state index in [9.17, 15) is 8.42 Å². The van der Waals surface area contributed by atoms with E-state index in [1.165, 1.54) is 44.9 Å². The van der Waals surface area contributed by atoms with Gasteiger partial charge in [-0.2, -0.15) is 0 Å². The average molecular weight is 542 g/mol. The fourth-order valence-electron chi connectivity index (χ4n) is 3.06. The summed E-state index contributed by atoms with van der Waals surface area (Å²) < 4.78 is 26.7. The summed E-state index contributed by atoms with van der Waals surface area (Å²) in [5.74, 6) is 0.261. The molecule has 0 aliphatic carbocycles. The van der Waals surface area contributed by atoms with Crippen LogP contribution in [0.5, 0.6) is 0 Å². The zero-order chi connectivity index (χ0) is 21.5. The summed E-state index contributed by atoms with van der Waals surface area (Å²) in [6, 6.07) is 0. The summed E-state index contributed by atoms with van der Waals surface area (Å²) in [5.41, 5.74) is 5.43. The van der Waals surface area contributed by atoms with Gasteiger partial charge in [0.15, 0.2) is 0 Å². The standard InChI is InChI=1S/C22H48N4O2S.3ClH/c1-2-3-4-5-6-7-8-9-10-13-22-29(27,28)26-21-15-20-25-18-12-11-17-24-19-14-16-23;;;/h11-12,24-26H,2-10,13-23H2,1H3;3*1H/b12-11+;;;. The summed E-state index contributed by atoms with van der Waals surface area (Å²) in [5, 5.41) is 6.57. The van der Waals surface area contributed by atoms with Crippen LogP contribution in [0.25, 0.3) is 0 Å². The van der Waals surface area contributed by atoms with Crippen molar-refractivity contribution in [2.75, 3.05) is 45.0 Å². The molecule has 10 heteroatoms. The van der Waals surface area contributed by atoms with Gasteiger partial charge in [0.2, 0.25) is 10.0 Å². The second kappa shape index (κ2) is 31.4. The number of nitrogens with two attached hydrogens (primary N) is 1. The van der Waals surface area contributed by atoms with Crippen LogP contribution in [0.4, 0.5) is 0 Å². The molecule has 0 bridgehead atoms. The molecule has 0 unspecified atom stereocenters. The second-order valence-corrected chi connectivity index (χ2v) is 9.70. The summed E-state index contributed by atoms with van der Waals surface area (Å²) >= 11 is 0. The molecule has 0 atom stereocenters. The number of halogens is 3. The fraction of sp³-hybridized carbons (Fsp3) is 0.909. The van der Waals surface area contributed by atoms with Crippen LogP contribution in [0, 0.1) is 0 Å². The highest BCUT2D eigenvalue weighted by molar-refractivity contribution is 7.89. The minimum absolute atomic E-state index is 0. The smallest absolute Gasteiger partial charge is 0.211 e. The average Bonchev–Trinajstić information content (AvgIpc) is 2.70. The van der Waals surface area contributed by atoms with Crippen LogP contribution in [0.3, 0.4) is 0 Å². The van der Waals surface area contributed by atoms with Crippen LogP contribution in [0.15, 0.2) is 12.2 Å². The monoisotopic (exact) mass is 540 g/mol. The van der Waals surface area contributed by atoms with Crippen molar-refractivity contribution >= 4 is 47.2 Å². The van der Waals surface area contributed by atoms with E-state index in [0.717, 1.165) is 64.8 Å². The third-order valence-corrected chi connectivity index (χ3v) is 6.34. The predicted octanol–water partition coefficient (Wildman–Crippen LogP) is 4.57. The first-order valence-corrected chi connectivity index (χ1v) is 13.5. The largest absolute Gasteiger partial charge is 0.330 e. The number of rotatable bonds is 23. The Hall–Kier alpha value is 0.400. The topological polar surface area (TPSA) is 96.2 Å². The van der Waals surface area contributed by atoms with E-state index >= 15 is 0 Å². The van der Waals surface area contributed by atoms with Gasteiger partial charge in [-0.05, 0) is 38.9 Å². The third-order valence-electron chi connectivity index (χ3n) is 4.87. The lowest BCUT2D eigenvalue weighted by Gasteiger charge is -2.07. The molecule has 198 valence electrons. The van der Waals surface area contributed by atoms with Crippen molar-refractivity contribution in [1.82, 2.24) is 15.4 Å². The molecule has 0 heterocycles. The number of hydrogen-bond donors (Lipinski definition) is 4. The number of unbranched alkanes of at least 4 members (excludes halogenated alkanes) is 9. The van der Waals surface area contributed by atoms with Crippen molar-refractivity contribution in [3.8, 4) is 0 Å². The van der Waals surface area contributed by atoms with Gasteiger partial charge in [-0.1, -0.05) is 76.9 Å². The highest BCUT2D eigenvalue weighted by Gasteiger charge is 2.08. The Labute approximate surface area is 217 Å². The first-order chi connectivity index (χ1) is 14.1. The molecule has 6 nitrogen and oxygen atoms in total. The van der Waals surface area contributed by atoms with Gasteiger partial charge < -0.3 is 16.4 Å². The van der Waals surface area contributed by atoms with E-state index in [1.54, 1.807) is 0 Å². The van der Waals surface area contributed by atoms with Gasteiger partial charge in [0.1, 0.15) is 0 Å². The molecule has 0 aliphatic rings. The molecular formula is C22H51Cl3N4O2S. The van der Waals surface area contributed by atoms with Gasteiger partial charge in [-0.3, -0.25) is 0 Å². The normalized spacial score (nSPS) is 11.1. The van der Waals surface area contributed by atoms with E-state index in [4.69, 9.17) is 5.73 Å². The molecule has 32 heavy (non-hydrogen) atoms. The van der Waals surface area contributed by atoms with Crippen LogP contribution in [-0.2, 0) is 10.0 Å². The Bertz CT molecular complexity index is 470. The molecule has 0 saturated carbocycles. The minimum atomic E-state index is -3.11. The zero-order valence-electron chi connectivity index (χ0n) is 20.1. The first kappa shape index (κ1) is 39.6. The van der Waals surface area contributed by atoms with Crippen molar-refractivity contribution in [3.05, 3.63) is 12.2 Å². The zero-order valence-corrected chi connectivity index (χ0v) is 23.4. The highest BCUT2D eigenvalue weighted by atomic mass is 35.5. The van der Waals surface area contributed by atoms with Gasteiger partial charge in [-0.25, -0.2) is 13.1 Å². The predicted molar refractivity (Wildman–Crippen MR) is 149 cm³/mol. The highest BCUT2D eigenvalue weighted by Crippen LogP contribution is 2.10. The maximum Gasteiger partial charge on any atom is 0.211 e. The van der Waals surface area contributed by atoms with E-state index in [0.29, 0.717) is 6.54 Å². The maximum absolute atomic E-state index is 12.0. The lowest BCUT2D eigenvalue weighted by Crippen LogP contribution is -2.29. The number of nitrogens with one attached hydrogen (secondary N) is 3. The summed E-state index contributed by atoms with van der Waals surface area (Å²) in [4.78, 5) is 0. The molecule has 0 amide bonds. The van der Waals surface area contributed by atoms with E-state index < -0.39 is 10.0 Å². The number of sulfonamides is 1. The molecule has 5 N–H and O–H groups in total. The Morgan fingerprint density at radius 1 is 0.656 bits per heavy atom. The van der Waals surface area contributed by atoms with E-state index in [-0.39, 0.29) is 43.0 Å². The Morgan fingerprint density at radius 2 is 1.12 bits per heavy atom. The molecule has 0 aromatic rings. The van der Waals surface area contributed by atoms with Crippen molar-refractivity contribution in [3.63, 3.8) is 0 Å². The van der Waals surface area contributed by atoms with Gasteiger partial charge in [0.05, 0.1) is 5.75 Å². The van der Waals surface area contributed by atoms with Crippen LogP contribution in [0.1, 0.15) is 84.0 Å². The van der Waals surface area contributed by atoms with Gasteiger partial charge in [0.25, 0.3) is 0 Å². The maximum atomic E-state index is 12.0. The fourth-order valence-corrected chi connectivity index (χ4v) is 4.24. The third kappa shape index (κ3) is 32.6. The van der Waals surface area contributed by atoms with Crippen molar-refractivity contribution < 1.29 is 8.42 Å². The van der Waals surface area contributed by atoms with Crippen LogP contribution in [-0.4, -0.2) is 53.4 Å². The molecule has 0 spiro atoms. The number of hydrogen-bond acceptors (Lipinski definition) is 5. The first-order valence-electron chi connectivity index (χ1n) is 11.9. The summed E-state index contributed by atoms with van der Waals surface area (Å²) in [7, 11) is -3.11. The molecule has 0 fully saturated rings. The van der Waals surface area contributed by atoms with Crippen molar-refractivity contribution in [2.24, 2.45) is 5.73 Å². The van der Waals surface area contributed by atoms with Gasteiger partial charge in [0, 0.05) is 19.6 Å². The molecule has 0 aromatic heterocycles.